The van der Waals surface area contributed by atoms with Crippen molar-refractivity contribution in [2.24, 2.45) is 0 Å². The predicted molar refractivity (Wildman–Crippen MR) is 72.8 cm³/mol. The van der Waals surface area contributed by atoms with E-state index in [1.165, 1.54) is 0 Å². The molecule has 1 aromatic carbocycles. The van der Waals surface area contributed by atoms with E-state index in [1.54, 1.807) is 19.2 Å². The van der Waals surface area contributed by atoms with Crippen LogP contribution >= 0.6 is 11.6 Å². The van der Waals surface area contributed by atoms with Crippen LogP contribution in [0.15, 0.2) is 28.7 Å². The Balaban J connectivity index is 1.88. The maximum absolute atomic E-state index is 12.3. The van der Waals surface area contributed by atoms with Crippen molar-refractivity contribution in [3.8, 4) is 0 Å². The SMILES string of the molecule is COC1CNC(C(=O)c2cc3cccc(Cl)c3o2)C1. The quantitative estimate of drug-likeness (QED) is 0.878. The summed E-state index contributed by atoms with van der Waals surface area (Å²) in [7, 11) is 1.65. The Hall–Kier alpha value is -1.36. The van der Waals surface area contributed by atoms with E-state index in [2.05, 4.69) is 5.32 Å². The van der Waals surface area contributed by atoms with Gasteiger partial charge < -0.3 is 14.5 Å². The molecule has 1 aliphatic rings. The fourth-order valence-electron chi connectivity index (χ4n) is 2.40. The van der Waals surface area contributed by atoms with Crippen LogP contribution in [0.2, 0.25) is 5.02 Å². The highest BCUT2D eigenvalue weighted by Gasteiger charge is 2.31. The molecule has 5 heteroatoms. The molecule has 2 heterocycles. The van der Waals surface area contributed by atoms with E-state index >= 15 is 0 Å². The molecule has 0 spiro atoms. The molecule has 4 nitrogen and oxygen atoms in total. The molecule has 3 rings (SSSR count). The molecular weight excluding hydrogens is 266 g/mol. The molecule has 1 saturated heterocycles. The number of rotatable bonds is 3. The maximum atomic E-state index is 12.3. The number of Topliss-reactive ketones (excluding diaryl/α,β-unsaturated/α-hetero) is 1. The lowest BCUT2D eigenvalue weighted by Gasteiger charge is -2.06. The molecule has 19 heavy (non-hydrogen) atoms. The summed E-state index contributed by atoms with van der Waals surface area (Å²) >= 11 is 6.04. The summed E-state index contributed by atoms with van der Waals surface area (Å²) in [5, 5.41) is 4.51. The summed E-state index contributed by atoms with van der Waals surface area (Å²) in [5.74, 6) is 0.296. The van der Waals surface area contributed by atoms with Crippen LogP contribution in [0.5, 0.6) is 0 Å². The minimum atomic E-state index is -0.246. The van der Waals surface area contributed by atoms with Crippen molar-refractivity contribution in [2.45, 2.75) is 18.6 Å². The van der Waals surface area contributed by atoms with E-state index in [0.717, 1.165) is 5.39 Å². The summed E-state index contributed by atoms with van der Waals surface area (Å²) < 4.78 is 10.8. The zero-order valence-electron chi connectivity index (χ0n) is 10.5. The Labute approximate surface area is 115 Å². The van der Waals surface area contributed by atoms with E-state index in [9.17, 15) is 4.79 Å². The van der Waals surface area contributed by atoms with Crippen molar-refractivity contribution in [1.29, 1.82) is 0 Å². The second-order valence-electron chi connectivity index (χ2n) is 4.69. The van der Waals surface area contributed by atoms with Gasteiger partial charge in [-0.1, -0.05) is 23.7 Å². The molecule has 0 radical (unpaired) electrons. The molecule has 1 aromatic heterocycles. The van der Waals surface area contributed by atoms with E-state index in [4.69, 9.17) is 20.8 Å². The van der Waals surface area contributed by atoms with E-state index < -0.39 is 0 Å². The van der Waals surface area contributed by atoms with Gasteiger partial charge in [0.05, 0.1) is 17.2 Å². The third-order valence-corrected chi connectivity index (χ3v) is 3.78. The largest absolute Gasteiger partial charge is 0.451 e. The van der Waals surface area contributed by atoms with E-state index in [0.29, 0.717) is 29.3 Å². The minimum Gasteiger partial charge on any atom is -0.451 e. The highest BCUT2D eigenvalue weighted by molar-refractivity contribution is 6.34. The number of carbonyl (C=O) groups is 1. The lowest BCUT2D eigenvalue weighted by atomic mass is 10.1. The number of ketones is 1. The molecule has 2 aromatic rings. The average molecular weight is 280 g/mol. The van der Waals surface area contributed by atoms with E-state index in [-0.39, 0.29) is 17.9 Å². The van der Waals surface area contributed by atoms with Crippen molar-refractivity contribution in [1.82, 2.24) is 5.32 Å². The third-order valence-electron chi connectivity index (χ3n) is 3.48. The van der Waals surface area contributed by atoms with Crippen molar-refractivity contribution in [3.05, 3.63) is 35.0 Å². The van der Waals surface area contributed by atoms with Crippen LogP contribution in [-0.4, -0.2) is 31.6 Å². The zero-order valence-corrected chi connectivity index (χ0v) is 11.2. The van der Waals surface area contributed by atoms with Gasteiger partial charge in [-0.3, -0.25) is 4.79 Å². The molecule has 1 fully saturated rings. The van der Waals surface area contributed by atoms with Gasteiger partial charge in [0, 0.05) is 19.0 Å². The van der Waals surface area contributed by atoms with Gasteiger partial charge in [0.25, 0.3) is 0 Å². The number of hydrogen-bond acceptors (Lipinski definition) is 4. The second kappa shape index (κ2) is 4.96. The molecule has 2 atom stereocenters. The average Bonchev–Trinajstić information content (AvgIpc) is 3.05. The summed E-state index contributed by atoms with van der Waals surface area (Å²) in [4.78, 5) is 12.3. The molecule has 100 valence electrons. The van der Waals surface area contributed by atoms with Gasteiger partial charge in [0.15, 0.2) is 11.3 Å². The van der Waals surface area contributed by atoms with Gasteiger partial charge in [0.2, 0.25) is 5.78 Å². The number of hydrogen-bond donors (Lipinski definition) is 1. The van der Waals surface area contributed by atoms with Crippen molar-refractivity contribution in [3.63, 3.8) is 0 Å². The summed E-state index contributed by atoms with van der Waals surface area (Å²) in [6.45, 7) is 0.688. The number of carbonyl (C=O) groups excluding carboxylic acids is 1. The van der Waals surface area contributed by atoms with Gasteiger partial charge in [-0.25, -0.2) is 0 Å². The molecule has 1 aliphatic heterocycles. The molecule has 0 amide bonds. The highest BCUT2D eigenvalue weighted by Crippen LogP contribution is 2.28. The fraction of sp³-hybridized carbons (Fsp3) is 0.357. The first-order valence-corrected chi connectivity index (χ1v) is 6.55. The topological polar surface area (TPSA) is 51.5 Å². The molecule has 0 bridgehead atoms. The number of furan rings is 1. The van der Waals surface area contributed by atoms with Crippen LogP contribution in [0.25, 0.3) is 11.0 Å². The van der Waals surface area contributed by atoms with Gasteiger partial charge in [-0.15, -0.1) is 0 Å². The van der Waals surface area contributed by atoms with Gasteiger partial charge in [-0.2, -0.15) is 0 Å². The van der Waals surface area contributed by atoms with Crippen LogP contribution in [0.4, 0.5) is 0 Å². The first-order chi connectivity index (χ1) is 9.19. The molecular formula is C14H14ClNO3. The normalized spacial score (nSPS) is 23.1. The number of methoxy groups -OCH3 is 1. The lowest BCUT2D eigenvalue weighted by Crippen LogP contribution is -2.30. The lowest BCUT2D eigenvalue weighted by molar-refractivity contribution is 0.0895. The summed E-state index contributed by atoms with van der Waals surface area (Å²) in [5.41, 5.74) is 0.564. The highest BCUT2D eigenvalue weighted by atomic mass is 35.5. The van der Waals surface area contributed by atoms with Crippen LogP contribution in [0.1, 0.15) is 17.0 Å². The van der Waals surface area contributed by atoms with Gasteiger partial charge in [-0.05, 0) is 18.6 Å². The Morgan fingerprint density at radius 1 is 1.53 bits per heavy atom. The Kier molecular flexibility index (Phi) is 3.31. The first kappa shape index (κ1) is 12.7. The summed E-state index contributed by atoms with van der Waals surface area (Å²) in [6.07, 6.45) is 0.752. The molecule has 0 saturated carbocycles. The van der Waals surface area contributed by atoms with Crippen LogP contribution in [0.3, 0.4) is 0 Å². The predicted octanol–water partition coefficient (Wildman–Crippen LogP) is 2.65. The van der Waals surface area contributed by atoms with Crippen molar-refractivity contribution < 1.29 is 13.9 Å². The fourth-order valence-corrected chi connectivity index (χ4v) is 2.62. The number of halogens is 1. The molecule has 2 unspecified atom stereocenters. The van der Waals surface area contributed by atoms with Crippen molar-refractivity contribution in [2.75, 3.05) is 13.7 Å². The van der Waals surface area contributed by atoms with Gasteiger partial charge in [0.1, 0.15) is 0 Å². The standard InChI is InChI=1S/C14H14ClNO3/c1-18-9-6-11(16-7-9)13(17)12-5-8-3-2-4-10(15)14(8)19-12/h2-5,9,11,16H,6-7H2,1H3. The van der Waals surface area contributed by atoms with Crippen LogP contribution < -0.4 is 5.32 Å². The Morgan fingerprint density at radius 2 is 2.37 bits per heavy atom. The first-order valence-electron chi connectivity index (χ1n) is 6.17. The molecule has 1 N–H and O–H groups in total. The number of para-hydroxylation sites is 1. The maximum Gasteiger partial charge on any atom is 0.214 e. The number of fused-ring (bicyclic) bond motifs is 1. The number of benzene rings is 1. The number of ether oxygens (including phenoxy) is 1. The second-order valence-corrected chi connectivity index (χ2v) is 5.09. The van der Waals surface area contributed by atoms with E-state index in [1.807, 2.05) is 12.1 Å². The Bertz CT molecular complexity index is 622. The number of nitrogens with one attached hydrogen (secondary N) is 1. The minimum absolute atomic E-state index is 0.0492. The van der Waals surface area contributed by atoms with Crippen LogP contribution in [0, 0.1) is 0 Å². The van der Waals surface area contributed by atoms with Crippen LogP contribution in [-0.2, 0) is 4.74 Å². The molecule has 0 aliphatic carbocycles. The van der Waals surface area contributed by atoms with Gasteiger partial charge >= 0.3 is 0 Å². The monoisotopic (exact) mass is 279 g/mol. The smallest absolute Gasteiger partial charge is 0.214 e. The van der Waals surface area contributed by atoms with Crippen molar-refractivity contribution >= 4 is 28.4 Å². The zero-order chi connectivity index (χ0) is 13.4. The third kappa shape index (κ3) is 2.27. The summed E-state index contributed by atoms with van der Waals surface area (Å²) in [6, 6.07) is 6.95. The Morgan fingerprint density at radius 3 is 3.05 bits per heavy atom.